The van der Waals surface area contributed by atoms with Gasteiger partial charge in [0.1, 0.15) is 5.82 Å². The van der Waals surface area contributed by atoms with Gasteiger partial charge in [0.2, 0.25) is 0 Å². The van der Waals surface area contributed by atoms with Crippen molar-refractivity contribution in [2.45, 2.75) is 6.92 Å². The Kier molecular flexibility index (Phi) is 3.14. The van der Waals surface area contributed by atoms with Crippen molar-refractivity contribution in [3.63, 3.8) is 0 Å². The first-order valence-corrected chi connectivity index (χ1v) is 2.93. The van der Waals surface area contributed by atoms with Gasteiger partial charge >= 0.3 is 0 Å². The molecule has 0 heterocycles. The van der Waals surface area contributed by atoms with Crippen LogP contribution in [0.2, 0.25) is 0 Å². The van der Waals surface area contributed by atoms with Gasteiger partial charge in [0.25, 0.3) is 0 Å². The van der Waals surface area contributed by atoms with Crippen molar-refractivity contribution in [3.8, 4) is 0 Å². The maximum atomic E-state index is 12.6. The van der Waals surface area contributed by atoms with Gasteiger partial charge in [-0.15, -0.1) is 12.4 Å². The number of nitrogen functional groups attached to an aromatic ring is 2. The average Bonchev–Trinajstić information content (AvgIpc) is 1.93. The van der Waals surface area contributed by atoms with Crippen LogP contribution in [-0.4, -0.2) is 0 Å². The fourth-order valence-electron chi connectivity index (χ4n) is 0.723. The van der Waals surface area contributed by atoms with Gasteiger partial charge in [0, 0.05) is 5.56 Å². The second-order valence-electron chi connectivity index (χ2n) is 2.18. The summed E-state index contributed by atoms with van der Waals surface area (Å²) in [6, 6.07) is 2.76. The predicted octanol–water partition coefficient (Wildman–Crippen LogP) is 1.72. The Bertz CT molecular complexity index is 236. The van der Waals surface area contributed by atoms with Crippen LogP contribution in [0.15, 0.2) is 12.1 Å². The molecule has 0 unspecified atom stereocenters. The SMILES string of the molecule is Cc1c(F)ccc(N)c1N.Cl. The summed E-state index contributed by atoms with van der Waals surface area (Å²) in [4.78, 5) is 0. The van der Waals surface area contributed by atoms with Gasteiger partial charge in [-0.3, -0.25) is 0 Å². The Morgan fingerprint density at radius 3 is 2.27 bits per heavy atom. The molecule has 0 atom stereocenters. The molecular weight excluding hydrogens is 167 g/mol. The highest BCUT2D eigenvalue weighted by Crippen LogP contribution is 2.20. The highest BCUT2D eigenvalue weighted by atomic mass is 35.5. The van der Waals surface area contributed by atoms with Crippen molar-refractivity contribution in [3.05, 3.63) is 23.5 Å². The van der Waals surface area contributed by atoms with Crippen LogP contribution in [0.5, 0.6) is 0 Å². The maximum Gasteiger partial charge on any atom is 0.128 e. The van der Waals surface area contributed by atoms with Crippen LogP contribution in [0, 0.1) is 12.7 Å². The summed E-state index contributed by atoms with van der Waals surface area (Å²) >= 11 is 0. The lowest BCUT2D eigenvalue weighted by Crippen LogP contribution is -1.98. The normalized spacial score (nSPS) is 8.91. The van der Waals surface area contributed by atoms with Crippen LogP contribution in [0.3, 0.4) is 0 Å². The van der Waals surface area contributed by atoms with Crippen molar-refractivity contribution >= 4 is 23.8 Å². The molecule has 0 aliphatic carbocycles. The highest BCUT2D eigenvalue weighted by Gasteiger charge is 2.02. The predicted molar refractivity (Wildman–Crippen MR) is 47.2 cm³/mol. The largest absolute Gasteiger partial charge is 0.397 e. The quantitative estimate of drug-likeness (QED) is 0.592. The first kappa shape index (κ1) is 10.0. The third-order valence-electron chi connectivity index (χ3n) is 1.48. The van der Waals surface area contributed by atoms with E-state index in [1.54, 1.807) is 6.92 Å². The lowest BCUT2D eigenvalue weighted by molar-refractivity contribution is 0.619. The van der Waals surface area contributed by atoms with E-state index < -0.39 is 0 Å². The zero-order valence-corrected chi connectivity index (χ0v) is 6.91. The van der Waals surface area contributed by atoms with E-state index in [1.807, 2.05) is 0 Å². The average molecular weight is 177 g/mol. The van der Waals surface area contributed by atoms with Crippen molar-refractivity contribution in [2.75, 3.05) is 11.5 Å². The number of hydrogen-bond acceptors (Lipinski definition) is 2. The number of hydrogen-bond donors (Lipinski definition) is 2. The van der Waals surface area contributed by atoms with E-state index in [-0.39, 0.29) is 18.2 Å². The number of anilines is 2. The lowest BCUT2D eigenvalue weighted by atomic mass is 10.1. The lowest BCUT2D eigenvalue weighted by Gasteiger charge is -2.03. The Labute approximate surface area is 70.8 Å². The molecule has 0 aliphatic rings. The molecule has 0 saturated carbocycles. The highest BCUT2D eigenvalue weighted by molar-refractivity contribution is 5.85. The molecule has 0 spiro atoms. The maximum absolute atomic E-state index is 12.6. The Balaban J connectivity index is 0.000001000. The molecule has 0 radical (unpaired) electrons. The molecule has 1 rings (SSSR count). The molecule has 11 heavy (non-hydrogen) atoms. The molecule has 2 nitrogen and oxygen atoms in total. The Morgan fingerprint density at radius 1 is 1.27 bits per heavy atom. The van der Waals surface area contributed by atoms with Crippen LogP contribution in [0.1, 0.15) is 5.56 Å². The van der Waals surface area contributed by atoms with Gasteiger partial charge < -0.3 is 11.5 Å². The molecule has 0 aliphatic heterocycles. The van der Waals surface area contributed by atoms with E-state index in [4.69, 9.17) is 11.5 Å². The molecule has 62 valence electrons. The van der Waals surface area contributed by atoms with Crippen molar-refractivity contribution in [1.82, 2.24) is 0 Å². The summed E-state index contributed by atoms with van der Waals surface area (Å²) in [5, 5.41) is 0. The Hall–Kier alpha value is -0.960. The number of benzene rings is 1. The summed E-state index contributed by atoms with van der Waals surface area (Å²) in [5.41, 5.74) is 12.0. The second-order valence-corrected chi connectivity index (χ2v) is 2.18. The van der Waals surface area contributed by atoms with Gasteiger partial charge in [0.15, 0.2) is 0 Å². The third kappa shape index (κ3) is 1.74. The number of nitrogens with two attached hydrogens (primary N) is 2. The van der Waals surface area contributed by atoms with Crippen molar-refractivity contribution in [1.29, 1.82) is 0 Å². The molecule has 1 aromatic carbocycles. The smallest absolute Gasteiger partial charge is 0.128 e. The van der Waals surface area contributed by atoms with Crippen LogP contribution in [0.25, 0.3) is 0 Å². The monoisotopic (exact) mass is 176 g/mol. The van der Waals surface area contributed by atoms with Gasteiger partial charge in [-0.25, -0.2) is 4.39 Å². The fraction of sp³-hybridized carbons (Fsp3) is 0.143. The third-order valence-corrected chi connectivity index (χ3v) is 1.48. The summed E-state index contributed by atoms with van der Waals surface area (Å²) in [5.74, 6) is -0.313. The number of halogens is 2. The molecule has 0 bridgehead atoms. The molecule has 4 heteroatoms. The number of rotatable bonds is 0. The summed E-state index contributed by atoms with van der Waals surface area (Å²) in [6.45, 7) is 1.60. The van der Waals surface area contributed by atoms with E-state index in [0.29, 0.717) is 16.9 Å². The van der Waals surface area contributed by atoms with E-state index in [9.17, 15) is 4.39 Å². The summed E-state index contributed by atoms with van der Waals surface area (Å²) in [7, 11) is 0. The van der Waals surface area contributed by atoms with E-state index >= 15 is 0 Å². The minimum absolute atomic E-state index is 0. The van der Waals surface area contributed by atoms with Crippen LogP contribution >= 0.6 is 12.4 Å². The topological polar surface area (TPSA) is 52.0 Å². The van der Waals surface area contributed by atoms with Crippen LogP contribution < -0.4 is 11.5 Å². The van der Waals surface area contributed by atoms with E-state index in [0.717, 1.165) is 0 Å². The second kappa shape index (κ2) is 3.44. The van der Waals surface area contributed by atoms with Gasteiger partial charge in [0.05, 0.1) is 11.4 Å². The first-order valence-electron chi connectivity index (χ1n) is 2.93. The molecular formula is C7H10ClFN2. The molecule has 0 fully saturated rings. The van der Waals surface area contributed by atoms with Crippen LogP contribution in [0.4, 0.5) is 15.8 Å². The molecule has 0 amide bonds. The van der Waals surface area contributed by atoms with Crippen LogP contribution in [-0.2, 0) is 0 Å². The van der Waals surface area contributed by atoms with Crippen molar-refractivity contribution in [2.24, 2.45) is 0 Å². The minimum atomic E-state index is -0.313. The molecule has 4 N–H and O–H groups in total. The summed E-state index contributed by atoms with van der Waals surface area (Å²) < 4.78 is 12.6. The summed E-state index contributed by atoms with van der Waals surface area (Å²) in [6.07, 6.45) is 0. The standard InChI is InChI=1S/C7H9FN2.ClH/c1-4-5(8)2-3-6(9)7(4)10;/h2-3H,9-10H2,1H3;1H. The fourth-order valence-corrected chi connectivity index (χ4v) is 0.723. The van der Waals surface area contributed by atoms with Gasteiger partial charge in [-0.1, -0.05) is 0 Å². The molecule has 0 aromatic heterocycles. The Morgan fingerprint density at radius 2 is 1.82 bits per heavy atom. The zero-order chi connectivity index (χ0) is 7.72. The van der Waals surface area contributed by atoms with Gasteiger partial charge in [-0.05, 0) is 19.1 Å². The minimum Gasteiger partial charge on any atom is -0.397 e. The van der Waals surface area contributed by atoms with Gasteiger partial charge in [-0.2, -0.15) is 0 Å². The molecule has 0 saturated heterocycles. The zero-order valence-electron chi connectivity index (χ0n) is 6.10. The first-order chi connectivity index (χ1) is 4.63. The van der Waals surface area contributed by atoms with E-state index in [1.165, 1.54) is 12.1 Å². The van der Waals surface area contributed by atoms with Crippen molar-refractivity contribution < 1.29 is 4.39 Å². The molecule has 1 aromatic rings. The van der Waals surface area contributed by atoms with E-state index in [2.05, 4.69) is 0 Å².